The van der Waals surface area contributed by atoms with Crippen LogP contribution in [0.15, 0.2) is 54.9 Å². The largest absolute Gasteiger partial charge is 0.392 e. The zero-order chi connectivity index (χ0) is 20.5. The summed E-state index contributed by atoms with van der Waals surface area (Å²) in [5.41, 5.74) is 4.71. The lowest BCUT2D eigenvalue weighted by atomic mass is 10.0. The molecule has 0 spiro atoms. The standard InChI is InChI=1S/C23H22FN5O/c24-17-8-6-16(7-9-17)22-21(20-10-5-15(14-30)13-29(20)28-22)19-11-12-25-23(27-19)26-18-3-1-2-4-18/h5-13,18,30H,1-4,14H2,(H,25,26,27). The topological polar surface area (TPSA) is 75.3 Å². The van der Waals surface area contributed by atoms with E-state index < -0.39 is 0 Å². The van der Waals surface area contributed by atoms with Gasteiger partial charge in [0.1, 0.15) is 11.5 Å². The molecule has 1 aliphatic rings. The summed E-state index contributed by atoms with van der Waals surface area (Å²) in [6.07, 6.45) is 8.27. The SMILES string of the molecule is OCc1ccc2c(-c3ccnc(NC4CCCC4)n3)c(-c3ccc(F)cc3)nn2c1. The van der Waals surface area contributed by atoms with Crippen molar-refractivity contribution >= 4 is 11.5 Å². The number of anilines is 1. The summed E-state index contributed by atoms with van der Waals surface area (Å²) in [5, 5.41) is 17.7. The lowest BCUT2D eigenvalue weighted by Crippen LogP contribution is -2.16. The maximum absolute atomic E-state index is 13.5. The van der Waals surface area contributed by atoms with Gasteiger partial charge in [-0.2, -0.15) is 5.10 Å². The van der Waals surface area contributed by atoms with E-state index in [1.54, 1.807) is 29.0 Å². The van der Waals surface area contributed by atoms with Gasteiger partial charge in [0.2, 0.25) is 5.95 Å². The van der Waals surface area contributed by atoms with Crippen LogP contribution in [-0.4, -0.2) is 30.7 Å². The minimum Gasteiger partial charge on any atom is -0.392 e. The third-order valence-corrected chi connectivity index (χ3v) is 5.59. The Labute approximate surface area is 173 Å². The van der Waals surface area contributed by atoms with Gasteiger partial charge in [0.05, 0.1) is 23.4 Å². The Kier molecular flexibility index (Phi) is 4.88. The van der Waals surface area contributed by atoms with Crippen molar-refractivity contribution in [2.75, 3.05) is 5.32 Å². The molecular formula is C23H22FN5O. The van der Waals surface area contributed by atoms with Gasteiger partial charge in [0.25, 0.3) is 0 Å². The predicted octanol–water partition coefficient (Wildman–Crippen LogP) is 4.44. The maximum atomic E-state index is 13.5. The second-order valence-electron chi connectivity index (χ2n) is 7.65. The number of aliphatic hydroxyl groups is 1. The van der Waals surface area contributed by atoms with E-state index in [4.69, 9.17) is 10.1 Å². The molecule has 2 N–H and O–H groups in total. The summed E-state index contributed by atoms with van der Waals surface area (Å²) in [7, 11) is 0. The van der Waals surface area contributed by atoms with Crippen LogP contribution in [-0.2, 0) is 6.61 Å². The van der Waals surface area contributed by atoms with Crippen molar-refractivity contribution in [2.45, 2.75) is 38.3 Å². The van der Waals surface area contributed by atoms with Gasteiger partial charge in [-0.1, -0.05) is 18.9 Å². The van der Waals surface area contributed by atoms with E-state index in [2.05, 4.69) is 10.3 Å². The van der Waals surface area contributed by atoms with Gasteiger partial charge in [-0.15, -0.1) is 0 Å². The number of benzene rings is 1. The molecule has 0 unspecified atom stereocenters. The van der Waals surface area contributed by atoms with Crippen molar-refractivity contribution in [1.29, 1.82) is 0 Å². The van der Waals surface area contributed by atoms with E-state index in [-0.39, 0.29) is 12.4 Å². The number of fused-ring (bicyclic) bond motifs is 1. The van der Waals surface area contributed by atoms with Gasteiger partial charge >= 0.3 is 0 Å². The minimum absolute atomic E-state index is 0.0695. The zero-order valence-corrected chi connectivity index (χ0v) is 16.4. The molecule has 0 aliphatic heterocycles. The van der Waals surface area contributed by atoms with E-state index in [9.17, 15) is 9.50 Å². The first kappa shape index (κ1) is 18.7. The summed E-state index contributed by atoms with van der Waals surface area (Å²) in [6, 6.07) is 12.3. The fourth-order valence-corrected chi connectivity index (χ4v) is 4.07. The van der Waals surface area contributed by atoms with Gasteiger partial charge in [0.15, 0.2) is 0 Å². The van der Waals surface area contributed by atoms with Crippen LogP contribution in [0.4, 0.5) is 10.3 Å². The van der Waals surface area contributed by atoms with Crippen LogP contribution in [0.2, 0.25) is 0 Å². The third kappa shape index (κ3) is 3.52. The first-order valence-electron chi connectivity index (χ1n) is 10.2. The highest BCUT2D eigenvalue weighted by atomic mass is 19.1. The molecule has 1 saturated carbocycles. The van der Waals surface area contributed by atoms with Crippen molar-refractivity contribution in [3.63, 3.8) is 0 Å². The van der Waals surface area contributed by atoms with E-state index >= 15 is 0 Å². The fourth-order valence-electron chi connectivity index (χ4n) is 4.07. The lowest BCUT2D eigenvalue weighted by molar-refractivity contribution is 0.281. The summed E-state index contributed by atoms with van der Waals surface area (Å²) in [4.78, 5) is 9.18. The van der Waals surface area contributed by atoms with Crippen LogP contribution in [0.5, 0.6) is 0 Å². The van der Waals surface area contributed by atoms with E-state index in [0.29, 0.717) is 17.7 Å². The number of hydrogen-bond donors (Lipinski definition) is 2. The van der Waals surface area contributed by atoms with Crippen LogP contribution in [0.3, 0.4) is 0 Å². The first-order chi connectivity index (χ1) is 14.7. The quantitative estimate of drug-likeness (QED) is 0.515. The second kappa shape index (κ2) is 7.84. The maximum Gasteiger partial charge on any atom is 0.223 e. The summed E-state index contributed by atoms with van der Waals surface area (Å²) < 4.78 is 15.2. The highest BCUT2D eigenvalue weighted by molar-refractivity contribution is 5.91. The Balaban J connectivity index is 1.65. The summed E-state index contributed by atoms with van der Waals surface area (Å²) >= 11 is 0. The molecule has 6 nitrogen and oxygen atoms in total. The molecule has 0 radical (unpaired) electrons. The Hall–Kier alpha value is -3.32. The molecule has 1 aromatic carbocycles. The van der Waals surface area contributed by atoms with E-state index in [0.717, 1.165) is 40.7 Å². The molecule has 0 saturated heterocycles. The van der Waals surface area contributed by atoms with Crippen LogP contribution in [0, 0.1) is 5.82 Å². The number of rotatable bonds is 5. The molecule has 3 aromatic heterocycles. The summed E-state index contributed by atoms with van der Waals surface area (Å²) in [5.74, 6) is 0.313. The molecule has 152 valence electrons. The van der Waals surface area contributed by atoms with Gasteiger partial charge in [-0.3, -0.25) is 0 Å². The fraction of sp³-hybridized carbons (Fsp3) is 0.261. The van der Waals surface area contributed by atoms with E-state index in [1.165, 1.54) is 25.0 Å². The molecule has 0 bridgehead atoms. The molecule has 3 heterocycles. The molecule has 0 atom stereocenters. The molecule has 30 heavy (non-hydrogen) atoms. The number of nitrogens with one attached hydrogen (secondary N) is 1. The van der Waals surface area contributed by atoms with Crippen molar-refractivity contribution in [3.8, 4) is 22.5 Å². The number of hydrogen-bond acceptors (Lipinski definition) is 5. The molecular weight excluding hydrogens is 381 g/mol. The van der Waals surface area contributed by atoms with E-state index in [1.807, 2.05) is 18.2 Å². The average Bonchev–Trinajstić information content (AvgIpc) is 3.41. The minimum atomic E-state index is -0.295. The van der Waals surface area contributed by atoms with Gasteiger partial charge in [0, 0.05) is 24.0 Å². The third-order valence-electron chi connectivity index (χ3n) is 5.59. The summed E-state index contributed by atoms with van der Waals surface area (Å²) in [6.45, 7) is -0.0695. The molecule has 5 rings (SSSR count). The Bertz CT molecular complexity index is 1180. The normalized spacial score (nSPS) is 14.5. The number of aromatic nitrogens is 4. The van der Waals surface area contributed by atoms with Crippen molar-refractivity contribution in [1.82, 2.24) is 19.6 Å². The van der Waals surface area contributed by atoms with Crippen molar-refractivity contribution in [3.05, 3.63) is 66.2 Å². The smallest absolute Gasteiger partial charge is 0.223 e. The van der Waals surface area contributed by atoms with Gasteiger partial charge in [-0.25, -0.2) is 18.9 Å². The first-order valence-corrected chi connectivity index (χ1v) is 10.2. The lowest BCUT2D eigenvalue weighted by Gasteiger charge is -2.12. The number of halogens is 1. The average molecular weight is 403 g/mol. The molecule has 1 aliphatic carbocycles. The number of aliphatic hydroxyl groups excluding tert-OH is 1. The Morgan fingerprint density at radius 3 is 2.63 bits per heavy atom. The van der Waals surface area contributed by atoms with Crippen LogP contribution in [0.25, 0.3) is 28.0 Å². The van der Waals surface area contributed by atoms with Crippen molar-refractivity contribution in [2.24, 2.45) is 0 Å². The zero-order valence-electron chi connectivity index (χ0n) is 16.4. The van der Waals surface area contributed by atoms with Crippen LogP contribution < -0.4 is 5.32 Å². The predicted molar refractivity (Wildman–Crippen MR) is 113 cm³/mol. The number of nitrogens with zero attached hydrogens (tertiary/aromatic N) is 4. The number of pyridine rings is 1. The van der Waals surface area contributed by atoms with Crippen LogP contribution in [0.1, 0.15) is 31.2 Å². The molecule has 4 aromatic rings. The second-order valence-corrected chi connectivity index (χ2v) is 7.65. The highest BCUT2D eigenvalue weighted by Gasteiger charge is 2.20. The Morgan fingerprint density at radius 2 is 1.87 bits per heavy atom. The van der Waals surface area contributed by atoms with Crippen molar-refractivity contribution < 1.29 is 9.50 Å². The molecule has 0 amide bonds. The highest BCUT2D eigenvalue weighted by Crippen LogP contribution is 2.35. The Morgan fingerprint density at radius 1 is 1.07 bits per heavy atom. The van der Waals surface area contributed by atoms with Crippen LogP contribution >= 0.6 is 0 Å². The van der Waals surface area contributed by atoms with Gasteiger partial charge < -0.3 is 10.4 Å². The van der Waals surface area contributed by atoms with Gasteiger partial charge in [-0.05, 0) is 54.8 Å². The molecule has 1 fully saturated rings. The molecule has 7 heteroatoms. The monoisotopic (exact) mass is 403 g/mol.